The number of aromatic nitrogens is 4. The summed E-state index contributed by atoms with van der Waals surface area (Å²) in [4.78, 5) is 39.5. The number of halogens is 1. The molecule has 14 heteroatoms. The van der Waals surface area contributed by atoms with Crippen molar-refractivity contribution in [3.63, 3.8) is 0 Å². The quantitative estimate of drug-likeness (QED) is 0.129. The number of nitrogens with zero attached hydrogens (tertiary/aromatic N) is 5. The first-order valence-corrected chi connectivity index (χ1v) is 18.5. The van der Waals surface area contributed by atoms with E-state index in [1.54, 1.807) is 32.5 Å². The van der Waals surface area contributed by atoms with Crippen molar-refractivity contribution in [3.05, 3.63) is 124 Å². The van der Waals surface area contributed by atoms with Crippen molar-refractivity contribution < 1.29 is 18.6 Å². The van der Waals surface area contributed by atoms with Crippen molar-refractivity contribution in [2.75, 3.05) is 39.1 Å². The van der Waals surface area contributed by atoms with Gasteiger partial charge in [-0.2, -0.15) is 4.98 Å². The SMILES string of the molecule is CC(C)C(=O)Nc1nc2c(ncn2[C@H]2CN(C(c3ccccc3)(c3ccccc3)c3ccccc3)C[C@@H](COP(=O)(Cl)N(C)C)O2)c(=O)[nH]1. The highest BCUT2D eigenvalue weighted by molar-refractivity contribution is 7.83. The van der Waals surface area contributed by atoms with Gasteiger partial charge in [-0.25, -0.2) is 9.65 Å². The monoisotopic (exact) mass is 703 g/mol. The van der Waals surface area contributed by atoms with E-state index >= 15 is 0 Å². The molecule has 3 aromatic carbocycles. The minimum absolute atomic E-state index is 0.00626. The van der Waals surface area contributed by atoms with Crippen LogP contribution in [0.2, 0.25) is 0 Å². The predicted molar refractivity (Wildman–Crippen MR) is 189 cm³/mol. The standard InChI is InChI=1S/C35H39ClN7O5P/c1-24(2)32(44)39-34-38-31-30(33(45)40-34)37-23-43(31)29-21-42(20-28(48-29)22-47-49(36,46)41(3)4)35(25-14-8-5-9-15-25,26-16-10-6-11-17-26)27-18-12-7-13-19-27/h5-19,23-24,28-29H,20-22H2,1-4H3,(H2,38,39,40,44,45)/t28-,29+,49?/m0/s1. The van der Waals surface area contributed by atoms with E-state index in [-0.39, 0.29) is 35.5 Å². The minimum Gasteiger partial charge on any atom is -0.350 e. The fraction of sp³-hybridized carbons (Fsp3) is 0.314. The average molecular weight is 704 g/mol. The zero-order valence-electron chi connectivity index (χ0n) is 27.7. The van der Waals surface area contributed by atoms with E-state index in [0.29, 0.717) is 13.1 Å². The predicted octanol–water partition coefficient (Wildman–Crippen LogP) is 5.83. The molecule has 256 valence electrons. The lowest BCUT2D eigenvalue weighted by Gasteiger charge is -2.50. The maximum absolute atomic E-state index is 13.1. The molecule has 1 saturated heterocycles. The molecular formula is C35H39ClN7O5P. The number of H-pyrrole nitrogens is 1. The fourth-order valence-corrected chi connectivity index (χ4v) is 6.92. The normalized spacial score (nSPS) is 18.5. The fourth-order valence-electron chi connectivity index (χ4n) is 6.17. The van der Waals surface area contributed by atoms with Crippen molar-refractivity contribution in [2.45, 2.75) is 31.7 Å². The Kier molecular flexibility index (Phi) is 10.2. The Morgan fingerprint density at radius 3 is 2.08 bits per heavy atom. The molecule has 0 saturated carbocycles. The number of hydrogen-bond donors (Lipinski definition) is 2. The second-order valence-electron chi connectivity index (χ2n) is 12.4. The van der Waals surface area contributed by atoms with Crippen molar-refractivity contribution in [2.24, 2.45) is 5.92 Å². The Balaban J connectivity index is 1.52. The summed E-state index contributed by atoms with van der Waals surface area (Å²) in [6.07, 6.45) is 0.120. The van der Waals surface area contributed by atoms with Crippen LogP contribution in [0.25, 0.3) is 11.2 Å². The summed E-state index contributed by atoms with van der Waals surface area (Å²) in [6.45, 7) is 0.450. The summed E-state index contributed by atoms with van der Waals surface area (Å²) in [6, 6.07) is 30.7. The van der Waals surface area contributed by atoms with Crippen LogP contribution in [0.15, 0.2) is 102 Å². The van der Waals surface area contributed by atoms with Crippen LogP contribution in [0.1, 0.15) is 36.8 Å². The highest BCUT2D eigenvalue weighted by atomic mass is 35.7. The van der Waals surface area contributed by atoms with Crippen molar-refractivity contribution in [3.8, 4) is 0 Å². The number of nitrogens with one attached hydrogen (secondary N) is 2. The third-order valence-electron chi connectivity index (χ3n) is 8.61. The van der Waals surface area contributed by atoms with E-state index in [9.17, 15) is 14.2 Å². The summed E-state index contributed by atoms with van der Waals surface area (Å²) >= 11 is 6.31. The molecule has 1 fully saturated rings. The van der Waals surface area contributed by atoms with Gasteiger partial charge in [0.25, 0.3) is 5.56 Å². The van der Waals surface area contributed by atoms with Crippen LogP contribution in [0.3, 0.4) is 0 Å². The second-order valence-corrected chi connectivity index (χ2v) is 15.6. The van der Waals surface area contributed by atoms with Gasteiger partial charge in [-0.1, -0.05) is 105 Å². The van der Waals surface area contributed by atoms with Gasteiger partial charge in [-0.05, 0) is 42.0 Å². The maximum Gasteiger partial charge on any atom is 0.362 e. The number of rotatable bonds is 11. The van der Waals surface area contributed by atoms with Gasteiger partial charge in [-0.15, -0.1) is 0 Å². The third-order valence-corrected chi connectivity index (χ3v) is 11.2. The molecule has 0 bridgehead atoms. The molecule has 1 aliphatic rings. The van der Waals surface area contributed by atoms with Gasteiger partial charge in [0.15, 0.2) is 11.2 Å². The maximum atomic E-state index is 13.1. The molecule has 49 heavy (non-hydrogen) atoms. The molecule has 12 nitrogen and oxygen atoms in total. The molecule has 3 atom stereocenters. The Hall–Kier alpha value is -4.16. The first kappa shape index (κ1) is 34.7. The molecule has 1 aliphatic heterocycles. The molecule has 2 N–H and O–H groups in total. The first-order valence-electron chi connectivity index (χ1n) is 16.0. The topological polar surface area (TPSA) is 135 Å². The van der Waals surface area contributed by atoms with E-state index in [0.717, 1.165) is 16.7 Å². The lowest BCUT2D eigenvalue weighted by atomic mass is 9.75. The lowest BCUT2D eigenvalue weighted by molar-refractivity contribution is -0.145. The van der Waals surface area contributed by atoms with Crippen molar-refractivity contribution in [1.82, 2.24) is 29.1 Å². The lowest BCUT2D eigenvalue weighted by Crippen LogP contribution is -2.57. The number of aromatic amines is 1. The van der Waals surface area contributed by atoms with E-state index in [1.807, 2.05) is 54.6 Å². The van der Waals surface area contributed by atoms with E-state index in [1.165, 1.54) is 11.0 Å². The van der Waals surface area contributed by atoms with Gasteiger partial charge in [0.05, 0.1) is 24.6 Å². The highest BCUT2D eigenvalue weighted by Gasteiger charge is 2.47. The molecule has 1 amide bonds. The first-order chi connectivity index (χ1) is 23.5. The minimum atomic E-state index is -3.63. The Labute approximate surface area is 289 Å². The number of amides is 1. The third kappa shape index (κ3) is 6.98. The second kappa shape index (κ2) is 14.4. The van der Waals surface area contributed by atoms with E-state index in [2.05, 4.69) is 61.6 Å². The molecule has 2 aromatic heterocycles. The van der Waals surface area contributed by atoms with Crippen molar-refractivity contribution in [1.29, 1.82) is 0 Å². The Morgan fingerprint density at radius 2 is 1.57 bits per heavy atom. The van der Waals surface area contributed by atoms with Crippen LogP contribution in [0, 0.1) is 5.92 Å². The van der Waals surface area contributed by atoms with Crippen LogP contribution in [0.4, 0.5) is 5.95 Å². The van der Waals surface area contributed by atoms with Gasteiger partial charge < -0.3 is 9.26 Å². The average Bonchev–Trinajstić information content (AvgIpc) is 3.54. The molecule has 0 radical (unpaired) electrons. The number of morpholine rings is 1. The number of imidazole rings is 1. The highest BCUT2D eigenvalue weighted by Crippen LogP contribution is 2.54. The zero-order chi connectivity index (χ0) is 34.8. The number of carbonyl (C=O) groups excluding carboxylic acids is 1. The van der Waals surface area contributed by atoms with Crippen LogP contribution >= 0.6 is 18.1 Å². The molecule has 0 aliphatic carbocycles. The number of anilines is 1. The summed E-state index contributed by atoms with van der Waals surface area (Å²) in [5, 5.41) is 2.68. The molecule has 5 aromatic rings. The number of hydrogen-bond acceptors (Lipinski definition) is 8. The summed E-state index contributed by atoms with van der Waals surface area (Å²) in [5.74, 6) is -0.619. The van der Waals surface area contributed by atoms with E-state index in [4.69, 9.17) is 20.5 Å². The van der Waals surface area contributed by atoms with Crippen LogP contribution in [-0.4, -0.2) is 74.9 Å². The molecule has 3 heterocycles. The summed E-state index contributed by atoms with van der Waals surface area (Å²) < 4.78 is 28.6. The van der Waals surface area contributed by atoms with Gasteiger partial charge in [0.1, 0.15) is 6.23 Å². The Morgan fingerprint density at radius 1 is 1.02 bits per heavy atom. The van der Waals surface area contributed by atoms with Gasteiger partial charge in [0, 0.05) is 19.0 Å². The number of fused-ring (bicyclic) bond motifs is 1. The molecule has 6 rings (SSSR count). The largest absolute Gasteiger partial charge is 0.362 e. The van der Waals surface area contributed by atoms with Gasteiger partial charge in [0.2, 0.25) is 11.9 Å². The molecular weight excluding hydrogens is 665 g/mol. The summed E-state index contributed by atoms with van der Waals surface area (Å²) in [5.41, 5.74) is 2.06. The van der Waals surface area contributed by atoms with Crippen molar-refractivity contribution >= 4 is 41.1 Å². The van der Waals surface area contributed by atoms with Crippen LogP contribution in [0.5, 0.6) is 0 Å². The van der Waals surface area contributed by atoms with Crippen LogP contribution < -0.4 is 10.9 Å². The number of ether oxygens (including phenoxy) is 1. The van der Waals surface area contributed by atoms with E-state index < -0.39 is 30.3 Å². The Bertz CT molecular complexity index is 1910. The molecule has 0 spiro atoms. The summed E-state index contributed by atoms with van der Waals surface area (Å²) in [7, 11) is 3.18. The zero-order valence-corrected chi connectivity index (χ0v) is 29.3. The van der Waals surface area contributed by atoms with Gasteiger partial charge >= 0.3 is 6.87 Å². The van der Waals surface area contributed by atoms with Gasteiger partial charge in [-0.3, -0.25) is 33.9 Å². The molecule has 1 unspecified atom stereocenters. The smallest absolute Gasteiger partial charge is 0.350 e. The number of benzene rings is 3. The number of carbonyl (C=O) groups is 1. The van der Waals surface area contributed by atoms with Crippen LogP contribution in [-0.2, 0) is 24.2 Å².